The normalized spacial score (nSPS) is 9.12. The molecule has 0 aliphatic carbocycles. The predicted molar refractivity (Wildman–Crippen MR) is 35.4 cm³/mol. The van der Waals surface area contributed by atoms with E-state index in [4.69, 9.17) is 5.11 Å². The molecule has 0 aromatic heterocycles. The number of allylic oxidation sites excluding steroid dienone is 1. The van der Waals surface area contributed by atoms with E-state index in [1.165, 1.54) is 0 Å². The van der Waals surface area contributed by atoms with Crippen LogP contribution in [0.2, 0.25) is 0 Å². The number of aliphatic hydroxyl groups excluding tert-OH is 1. The fourth-order valence-corrected chi connectivity index (χ4v) is 0.492. The van der Waals surface area contributed by atoms with Gasteiger partial charge in [0.1, 0.15) is 0 Å². The first-order valence-electron chi connectivity index (χ1n) is 2.97. The van der Waals surface area contributed by atoms with Crippen LogP contribution in [0.15, 0.2) is 12.7 Å². The lowest BCUT2D eigenvalue weighted by Crippen LogP contribution is -1.81. The molecule has 0 spiro atoms. The SMILES string of the molecule is C=C[CH]CCCCO. The number of unbranched alkanes of at least 4 members (excludes halogenated alkanes) is 3. The number of aliphatic hydroxyl groups is 1. The Morgan fingerprint density at radius 2 is 2.12 bits per heavy atom. The zero-order valence-electron chi connectivity index (χ0n) is 5.14. The molecule has 0 bridgehead atoms. The third kappa shape index (κ3) is 5.70. The first-order valence-corrected chi connectivity index (χ1v) is 2.97. The molecule has 0 heterocycles. The van der Waals surface area contributed by atoms with Gasteiger partial charge in [0.15, 0.2) is 0 Å². The van der Waals surface area contributed by atoms with Crippen LogP contribution in [0, 0.1) is 6.42 Å². The fraction of sp³-hybridized carbons (Fsp3) is 0.571. The van der Waals surface area contributed by atoms with E-state index in [-0.39, 0.29) is 0 Å². The largest absolute Gasteiger partial charge is 0.396 e. The third-order valence-corrected chi connectivity index (χ3v) is 0.946. The molecule has 1 N–H and O–H groups in total. The van der Waals surface area contributed by atoms with Crippen LogP contribution in [0.5, 0.6) is 0 Å². The molecule has 47 valence electrons. The van der Waals surface area contributed by atoms with E-state index < -0.39 is 0 Å². The summed E-state index contributed by atoms with van der Waals surface area (Å²) >= 11 is 0. The monoisotopic (exact) mass is 113 g/mol. The summed E-state index contributed by atoms with van der Waals surface area (Å²) in [5.74, 6) is 0. The Hall–Kier alpha value is -0.300. The van der Waals surface area contributed by atoms with Gasteiger partial charge in [-0.3, -0.25) is 0 Å². The van der Waals surface area contributed by atoms with E-state index in [0.717, 1.165) is 19.3 Å². The summed E-state index contributed by atoms with van der Waals surface area (Å²) in [4.78, 5) is 0. The Bertz CT molecular complexity index is 50.3. The van der Waals surface area contributed by atoms with Crippen molar-refractivity contribution in [2.24, 2.45) is 0 Å². The molecule has 1 radical (unpaired) electrons. The number of rotatable bonds is 5. The van der Waals surface area contributed by atoms with Crippen LogP contribution < -0.4 is 0 Å². The van der Waals surface area contributed by atoms with Crippen LogP contribution in [0.3, 0.4) is 0 Å². The van der Waals surface area contributed by atoms with Gasteiger partial charge in [-0.15, -0.1) is 6.58 Å². The van der Waals surface area contributed by atoms with E-state index in [0.29, 0.717) is 6.61 Å². The first kappa shape index (κ1) is 7.70. The van der Waals surface area contributed by atoms with E-state index in [1.54, 1.807) is 6.08 Å². The van der Waals surface area contributed by atoms with Crippen LogP contribution in [-0.4, -0.2) is 11.7 Å². The van der Waals surface area contributed by atoms with Crippen molar-refractivity contribution < 1.29 is 5.11 Å². The summed E-state index contributed by atoms with van der Waals surface area (Å²) < 4.78 is 0. The van der Waals surface area contributed by atoms with Gasteiger partial charge in [-0.05, 0) is 19.3 Å². The van der Waals surface area contributed by atoms with Gasteiger partial charge < -0.3 is 5.11 Å². The highest BCUT2D eigenvalue weighted by molar-refractivity contribution is 4.85. The molecule has 1 heteroatoms. The smallest absolute Gasteiger partial charge is 0.0431 e. The average Bonchev–Trinajstić information content (AvgIpc) is 1.81. The maximum absolute atomic E-state index is 8.33. The van der Waals surface area contributed by atoms with Gasteiger partial charge in [0.05, 0.1) is 0 Å². The zero-order chi connectivity index (χ0) is 6.24. The van der Waals surface area contributed by atoms with Crippen LogP contribution in [0.25, 0.3) is 0 Å². The van der Waals surface area contributed by atoms with Gasteiger partial charge >= 0.3 is 0 Å². The van der Waals surface area contributed by atoms with Gasteiger partial charge in [-0.25, -0.2) is 0 Å². The molecule has 0 fully saturated rings. The van der Waals surface area contributed by atoms with E-state index in [1.807, 2.05) is 6.42 Å². The molecular weight excluding hydrogens is 100 g/mol. The maximum Gasteiger partial charge on any atom is 0.0431 e. The molecule has 0 saturated heterocycles. The summed E-state index contributed by atoms with van der Waals surface area (Å²) in [6.45, 7) is 3.85. The van der Waals surface area contributed by atoms with Crippen molar-refractivity contribution >= 4 is 0 Å². The summed E-state index contributed by atoms with van der Waals surface area (Å²) in [7, 11) is 0. The van der Waals surface area contributed by atoms with Crippen molar-refractivity contribution in [2.75, 3.05) is 6.61 Å². The lowest BCUT2D eigenvalue weighted by Gasteiger charge is -1.91. The second-order valence-corrected chi connectivity index (χ2v) is 1.69. The van der Waals surface area contributed by atoms with Crippen LogP contribution >= 0.6 is 0 Å². The lowest BCUT2D eigenvalue weighted by atomic mass is 10.2. The minimum absolute atomic E-state index is 0.310. The number of hydrogen-bond donors (Lipinski definition) is 1. The summed E-state index contributed by atoms with van der Waals surface area (Å²) in [6.07, 6.45) is 6.82. The Morgan fingerprint density at radius 3 is 2.62 bits per heavy atom. The van der Waals surface area contributed by atoms with Gasteiger partial charge in [0, 0.05) is 6.61 Å². The molecular formula is C7H13O. The molecule has 0 atom stereocenters. The molecule has 0 unspecified atom stereocenters. The minimum Gasteiger partial charge on any atom is -0.396 e. The molecule has 8 heavy (non-hydrogen) atoms. The van der Waals surface area contributed by atoms with Crippen molar-refractivity contribution in [3.63, 3.8) is 0 Å². The molecule has 1 nitrogen and oxygen atoms in total. The average molecular weight is 113 g/mol. The van der Waals surface area contributed by atoms with Gasteiger partial charge in [0.25, 0.3) is 0 Å². The fourth-order valence-electron chi connectivity index (χ4n) is 0.492. The summed E-state index contributed by atoms with van der Waals surface area (Å²) in [5.41, 5.74) is 0. The highest BCUT2D eigenvalue weighted by Gasteiger charge is 1.82. The minimum atomic E-state index is 0.310. The van der Waals surface area contributed by atoms with Crippen molar-refractivity contribution in [1.29, 1.82) is 0 Å². The molecule has 0 aliphatic rings. The highest BCUT2D eigenvalue weighted by Crippen LogP contribution is 1.96. The predicted octanol–water partition coefficient (Wildman–Crippen LogP) is 1.54. The van der Waals surface area contributed by atoms with Crippen molar-refractivity contribution in [3.8, 4) is 0 Å². The quantitative estimate of drug-likeness (QED) is 0.536. The number of hydrogen-bond acceptors (Lipinski definition) is 1. The zero-order valence-corrected chi connectivity index (χ0v) is 5.14. The first-order chi connectivity index (χ1) is 3.91. The van der Waals surface area contributed by atoms with Crippen LogP contribution in [0.1, 0.15) is 19.3 Å². The molecule has 0 aromatic carbocycles. The standard InChI is InChI=1S/C7H13O/c1-2-3-4-5-6-7-8/h2-3,8H,1,4-7H2. The Labute approximate surface area is 51.0 Å². The second-order valence-electron chi connectivity index (χ2n) is 1.69. The second kappa shape index (κ2) is 6.70. The van der Waals surface area contributed by atoms with Gasteiger partial charge in [-0.2, -0.15) is 0 Å². The molecule has 0 aliphatic heterocycles. The van der Waals surface area contributed by atoms with E-state index in [2.05, 4.69) is 6.58 Å². The Kier molecular flexibility index (Phi) is 6.45. The molecule has 0 amide bonds. The Morgan fingerprint density at radius 1 is 1.38 bits per heavy atom. The maximum atomic E-state index is 8.33. The molecule has 0 saturated carbocycles. The van der Waals surface area contributed by atoms with Crippen molar-refractivity contribution in [3.05, 3.63) is 19.1 Å². The topological polar surface area (TPSA) is 20.2 Å². The van der Waals surface area contributed by atoms with Crippen molar-refractivity contribution in [1.82, 2.24) is 0 Å². The lowest BCUT2D eigenvalue weighted by molar-refractivity contribution is 0.284. The Balaban J connectivity index is 2.62. The summed E-state index contributed by atoms with van der Waals surface area (Å²) in [6, 6.07) is 0. The molecule has 0 aromatic rings. The third-order valence-electron chi connectivity index (χ3n) is 0.946. The van der Waals surface area contributed by atoms with Gasteiger partial charge in [-0.1, -0.05) is 12.5 Å². The van der Waals surface area contributed by atoms with Crippen LogP contribution in [0.4, 0.5) is 0 Å². The summed E-state index contributed by atoms with van der Waals surface area (Å²) in [5, 5.41) is 8.33. The van der Waals surface area contributed by atoms with Crippen molar-refractivity contribution in [2.45, 2.75) is 19.3 Å². The van der Waals surface area contributed by atoms with E-state index in [9.17, 15) is 0 Å². The molecule has 0 rings (SSSR count). The van der Waals surface area contributed by atoms with Crippen LogP contribution in [-0.2, 0) is 0 Å². The van der Waals surface area contributed by atoms with E-state index >= 15 is 0 Å². The highest BCUT2D eigenvalue weighted by atomic mass is 16.2. The van der Waals surface area contributed by atoms with Gasteiger partial charge in [0.2, 0.25) is 0 Å².